The van der Waals surface area contributed by atoms with Crippen LogP contribution in [0.15, 0.2) is 23.1 Å². The van der Waals surface area contributed by atoms with Gasteiger partial charge in [-0.15, -0.1) is 11.8 Å². The second-order valence-corrected chi connectivity index (χ2v) is 7.36. The lowest BCUT2D eigenvalue weighted by Crippen LogP contribution is -2.33. The van der Waals surface area contributed by atoms with Crippen molar-refractivity contribution in [3.8, 4) is 0 Å². The molecule has 15 heavy (non-hydrogen) atoms. The first-order chi connectivity index (χ1) is 6.82. The van der Waals surface area contributed by atoms with E-state index in [2.05, 4.69) is 39.8 Å². The number of nitrogen functional groups attached to an aromatic ring is 1. The lowest BCUT2D eigenvalue weighted by molar-refractivity contribution is 0.408. The molecule has 0 bridgehead atoms. The molecule has 1 aromatic rings. The Labute approximate surface area is 96.4 Å². The van der Waals surface area contributed by atoms with Crippen LogP contribution in [0.25, 0.3) is 0 Å². The molecular formula is C13H19NS. The number of hydrogen-bond acceptors (Lipinski definition) is 2. The van der Waals surface area contributed by atoms with Gasteiger partial charge < -0.3 is 5.73 Å². The summed E-state index contributed by atoms with van der Waals surface area (Å²) in [7, 11) is 0. The minimum absolute atomic E-state index is 0.236. The van der Waals surface area contributed by atoms with E-state index in [0.29, 0.717) is 0 Å². The van der Waals surface area contributed by atoms with Crippen LogP contribution < -0.4 is 5.73 Å². The summed E-state index contributed by atoms with van der Waals surface area (Å²) in [6.07, 6.45) is 1.20. The Morgan fingerprint density at radius 2 is 1.87 bits per heavy atom. The number of thioether (sulfide) groups is 1. The highest BCUT2D eigenvalue weighted by atomic mass is 32.2. The third-order valence-corrected chi connectivity index (χ3v) is 4.38. The third-order valence-electron chi connectivity index (χ3n) is 3.02. The average Bonchev–Trinajstić information content (AvgIpc) is 2.04. The Hall–Kier alpha value is -0.630. The van der Waals surface area contributed by atoms with Gasteiger partial charge in [0, 0.05) is 15.3 Å². The molecule has 0 radical (unpaired) electrons. The maximum absolute atomic E-state index is 6.06. The summed E-state index contributed by atoms with van der Waals surface area (Å²) in [6.45, 7) is 9.23. The summed E-state index contributed by atoms with van der Waals surface area (Å²) in [5, 5.41) is 0. The van der Waals surface area contributed by atoms with Gasteiger partial charge in [-0.2, -0.15) is 0 Å². The Bertz CT molecular complexity index is 394. The fourth-order valence-corrected chi connectivity index (χ4v) is 4.30. The van der Waals surface area contributed by atoms with Crippen molar-refractivity contribution in [2.75, 3.05) is 5.73 Å². The lowest BCUT2D eigenvalue weighted by atomic mass is 9.77. The number of benzene rings is 1. The number of rotatable bonds is 0. The van der Waals surface area contributed by atoms with Crippen LogP contribution in [-0.2, 0) is 5.41 Å². The van der Waals surface area contributed by atoms with E-state index in [1.165, 1.54) is 16.9 Å². The van der Waals surface area contributed by atoms with Crippen molar-refractivity contribution in [2.45, 2.75) is 49.2 Å². The first kappa shape index (κ1) is 10.9. The van der Waals surface area contributed by atoms with Gasteiger partial charge in [0.25, 0.3) is 0 Å². The molecule has 1 heterocycles. The summed E-state index contributed by atoms with van der Waals surface area (Å²) in [4.78, 5) is 1.29. The molecule has 0 unspecified atom stereocenters. The van der Waals surface area contributed by atoms with Gasteiger partial charge in [-0.1, -0.05) is 39.8 Å². The Kier molecular flexibility index (Phi) is 2.30. The van der Waals surface area contributed by atoms with Gasteiger partial charge in [-0.25, -0.2) is 0 Å². The number of anilines is 1. The molecule has 0 aliphatic carbocycles. The van der Waals surface area contributed by atoms with Crippen LogP contribution in [0, 0.1) is 0 Å². The number of nitrogens with two attached hydrogens (primary N) is 1. The van der Waals surface area contributed by atoms with Gasteiger partial charge in [-0.3, -0.25) is 0 Å². The molecule has 1 aliphatic rings. The summed E-state index contributed by atoms with van der Waals surface area (Å²) >= 11 is 1.92. The molecule has 82 valence electrons. The molecule has 2 N–H and O–H groups in total. The first-order valence-corrected chi connectivity index (χ1v) is 6.21. The van der Waals surface area contributed by atoms with Gasteiger partial charge in [0.15, 0.2) is 0 Å². The van der Waals surface area contributed by atoms with Crippen molar-refractivity contribution >= 4 is 17.4 Å². The molecule has 1 nitrogen and oxygen atoms in total. The molecule has 0 fully saturated rings. The normalized spacial score (nSPS) is 22.1. The maximum Gasteiger partial charge on any atom is 0.0455 e. The highest BCUT2D eigenvalue weighted by Gasteiger charge is 2.38. The zero-order chi connectivity index (χ0) is 11.3. The SMILES string of the molecule is CC1(C)CC(C)(C)c2cccc(N)c2S1. The van der Waals surface area contributed by atoms with Crippen molar-refractivity contribution in [3.05, 3.63) is 23.8 Å². The molecule has 1 aliphatic heterocycles. The number of fused-ring (bicyclic) bond motifs is 1. The molecule has 0 saturated carbocycles. The predicted octanol–water partition coefficient (Wildman–Crippen LogP) is 3.82. The van der Waals surface area contributed by atoms with Crippen LogP contribution in [0.5, 0.6) is 0 Å². The quantitative estimate of drug-likeness (QED) is 0.674. The van der Waals surface area contributed by atoms with Crippen LogP contribution in [-0.4, -0.2) is 4.75 Å². The fourth-order valence-electron chi connectivity index (χ4n) is 2.67. The fraction of sp³-hybridized carbons (Fsp3) is 0.538. The van der Waals surface area contributed by atoms with Crippen molar-refractivity contribution < 1.29 is 0 Å². The minimum Gasteiger partial charge on any atom is -0.398 e. The molecule has 2 rings (SSSR count). The van der Waals surface area contributed by atoms with E-state index in [-0.39, 0.29) is 10.2 Å². The summed E-state index contributed by atoms with van der Waals surface area (Å²) in [5.41, 5.74) is 8.64. The summed E-state index contributed by atoms with van der Waals surface area (Å²) in [5.74, 6) is 0. The van der Waals surface area contributed by atoms with Gasteiger partial charge in [0.2, 0.25) is 0 Å². The molecule has 0 amide bonds. The topological polar surface area (TPSA) is 26.0 Å². The van der Waals surface area contributed by atoms with Gasteiger partial charge in [0.1, 0.15) is 0 Å². The van der Waals surface area contributed by atoms with Crippen molar-refractivity contribution in [1.82, 2.24) is 0 Å². The molecule has 0 atom stereocenters. The van der Waals surface area contributed by atoms with Crippen molar-refractivity contribution in [2.24, 2.45) is 0 Å². The van der Waals surface area contributed by atoms with E-state index in [1.807, 2.05) is 17.8 Å². The maximum atomic E-state index is 6.06. The van der Waals surface area contributed by atoms with Crippen molar-refractivity contribution in [3.63, 3.8) is 0 Å². The molecule has 0 spiro atoms. The highest BCUT2D eigenvalue weighted by Crippen LogP contribution is 2.52. The molecule has 0 aromatic heterocycles. The average molecular weight is 221 g/mol. The van der Waals surface area contributed by atoms with Gasteiger partial charge >= 0.3 is 0 Å². The Balaban J connectivity index is 2.60. The largest absolute Gasteiger partial charge is 0.398 e. The summed E-state index contributed by atoms with van der Waals surface area (Å²) in [6, 6.07) is 6.28. The molecule has 0 saturated heterocycles. The lowest BCUT2D eigenvalue weighted by Gasteiger charge is -2.42. The van der Waals surface area contributed by atoms with Crippen LogP contribution in [0.4, 0.5) is 5.69 Å². The first-order valence-electron chi connectivity index (χ1n) is 5.40. The smallest absolute Gasteiger partial charge is 0.0455 e. The van der Waals surface area contributed by atoms with E-state index in [0.717, 1.165) is 5.69 Å². The zero-order valence-electron chi connectivity index (χ0n) is 9.92. The van der Waals surface area contributed by atoms with Crippen molar-refractivity contribution in [1.29, 1.82) is 0 Å². The summed E-state index contributed by atoms with van der Waals surface area (Å²) < 4.78 is 0.284. The zero-order valence-corrected chi connectivity index (χ0v) is 10.7. The third kappa shape index (κ3) is 1.87. The number of hydrogen-bond donors (Lipinski definition) is 1. The molecular weight excluding hydrogens is 202 g/mol. The van der Waals surface area contributed by atoms with E-state index < -0.39 is 0 Å². The van der Waals surface area contributed by atoms with Crippen LogP contribution in [0.3, 0.4) is 0 Å². The van der Waals surface area contributed by atoms with Gasteiger partial charge in [-0.05, 0) is 23.5 Å². The second-order valence-electron chi connectivity index (χ2n) is 5.65. The van der Waals surface area contributed by atoms with Crippen LogP contribution >= 0.6 is 11.8 Å². The van der Waals surface area contributed by atoms with E-state index >= 15 is 0 Å². The standard InChI is InChI=1S/C13H19NS/c1-12(2)8-13(3,4)15-11-9(12)6-5-7-10(11)14/h5-7H,8,14H2,1-4H3. The second kappa shape index (κ2) is 3.18. The highest BCUT2D eigenvalue weighted by molar-refractivity contribution is 8.00. The van der Waals surface area contributed by atoms with E-state index in [9.17, 15) is 0 Å². The Morgan fingerprint density at radius 3 is 2.53 bits per heavy atom. The van der Waals surface area contributed by atoms with Crippen LogP contribution in [0.2, 0.25) is 0 Å². The molecule has 2 heteroatoms. The monoisotopic (exact) mass is 221 g/mol. The van der Waals surface area contributed by atoms with Crippen LogP contribution in [0.1, 0.15) is 39.7 Å². The van der Waals surface area contributed by atoms with Gasteiger partial charge in [0.05, 0.1) is 0 Å². The predicted molar refractivity (Wildman–Crippen MR) is 68.4 cm³/mol. The molecule has 1 aromatic carbocycles. The minimum atomic E-state index is 0.236. The van der Waals surface area contributed by atoms with E-state index in [4.69, 9.17) is 5.73 Å². The Morgan fingerprint density at radius 1 is 1.20 bits per heavy atom. The van der Waals surface area contributed by atoms with E-state index in [1.54, 1.807) is 0 Å².